The molecule has 0 bridgehead atoms. The van der Waals surface area contributed by atoms with E-state index in [2.05, 4.69) is 10.6 Å². The lowest BCUT2D eigenvalue weighted by atomic mass is 10.0. The lowest BCUT2D eigenvalue weighted by Gasteiger charge is -2.32. The molecule has 8 nitrogen and oxygen atoms in total. The number of carbonyl (C=O) groups excluding carboxylic acids is 3. The lowest BCUT2D eigenvalue weighted by molar-refractivity contribution is -0.127. The van der Waals surface area contributed by atoms with Crippen molar-refractivity contribution in [3.05, 3.63) is 77.1 Å². The van der Waals surface area contributed by atoms with Crippen LogP contribution in [0.15, 0.2) is 57.6 Å². The molecular formula is C27H31N3O5. The first-order chi connectivity index (χ1) is 16.8. The molecule has 1 aromatic carbocycles. The van der Waals surface area contributed by atoms with Crippen molar-refractivity contribution in [2.24, 2.45) is 0 Å². The fraction of sp³-hybridized carbons (Fsp3) is 0.370. The predicted molar refractivity (Wildman–Crippen MR) is 131 cm³/mol. The number of hydrogen-bond acceptors (Lipinski definition) is 5. The van der Waals surface area contributed by atoms with Gasteiger partial charge in [-0.15, -0.1) is 0 Å². The second kappa shape index (κ2) is 10.6. The third kappa shape index (κ3) is 5.48. The number of nitrogens with one attached hydrogen (secondary N) is 2. The summed E-state index contributed by atoms with van der Waals surface area (Å²) < 4.78 is 11.0. The quantitative estimate of drug-likeness (QED) is 0.502. The highest BCUT2D eigenvalue weighted by Crippen LogP contribution is 2.33. The van der Waals surface area contributed by atoms with E-state index in [4.69, 9.17) is 8.83 Å². The summed E-state index contributed by atoms with van der Waals surface area (Å²) in [6.45, 7) is 5.33. The van der Waals surface area contributed by atoms with Crippen molar-refractivity contribution in [2.75, 3.05) is 11.4 Å². The smallest absolute Gasteiger partial charge is 0.287 e. The van der Waals surface area contributed by atoms with Crippen LogP contribution in [0.5, 0.6) is 0 Å². The van der Waals surface area contributed by atoms with Gasteiger partial charge in [-0.05, 0) is 75.1 Å². The van der Waals surface area contributed by atoms with Crippen molar-refractivity contribution in [3.63, 3.8) is 0 Å². The molecule has 1 aliphatic rings. The van der Waals surface area contributed by atoms with Crippen LogP contribution in [0.3, 0.4) is 0 Å². The molecule has 1 saturated carbocycles. The Labute approximate surface area is 204 Å². The summed E-state index contributed by atoms with van der Waals surface area (Å²) in [5, 5.41) is 5.72. The van der Waals surface area contributed by atoms with Crippen LogP contribution in [0, 0.1) is 20.8 Å². The molecule has 2 aromatic heterocycles. The monoisotopic (exact) mass is 477 g/mol. The normalized spacial score (nSPS) is 14.5. The molecule has 1 aliphatic carbocycles. The number of nitrogens with zero attached hydrogens (tertiary/aromatic N) is 1. The standard InChI is InChI=1S/C27H31N3O5/c1-17-8-6-11-21(19(17)3)30(24(31)16-28-26(32)23-12-7-15-34-23)25(22-14-13-18(2)35-22)27(33)29-20-9-4-5-10-20/h6-8,11-15,20,25H,4-5,9-10,16H2,1-3H3,(H,28,32)(H,29,33). The molecule has 1 fully saturated rings. The second-order valence-corrected chi connectivity index (χ2v) is 8.98. The third-order valence-corrected chi connectivity index (χ3v) is 6.49. The molecule has 184 valence electrons. The van der Waals surface area contributed by atoms with E-state index in [1.54, 1.807) is 31.2 Å². The Bertz CT molecular complexity index is 1190. The highest BCUT2D eigenvalue weighted by atomic mass is 16.3. The number of aryl methyl sites for hydroxylation is 2. The fourth-order valence-corrected chi connectivity index (χ4v) is 4.47. The van der Waals surface area contributed by atoms with Gasteiger partial charge in [-0.1, -0.05) is 25.0 Å². The van der Waals surface area contributed by atoms with Crippen LogP contribution >= 0.6 is 0 Å². The maximum atomic E-state index is 13.7. The van der Waals surface area contributed by atoms with E-state index < -0.39 is 17.9 Å². The first kappa shape index (κ1) is 24.3. The Balaban J connectivity index is 1.70. The fourth-order valence-electron chi connectivity index (χ4n) is 4.47. The van der Waals surface area contributed by atoms with E-state index in [-0.39, 0.29) is 24.3 Å². The molecule has 1 atom stereocenters. The van der Waals surface area contributed by atoms with Crippen LogP contribution in [-0.4, -0.2) is 30.3 Å². The zero-order valence-corrected chi connectivity index (χ0v) is 20.3. The zero-order valence-electron chi connectivity index (χ0n) is 20.3. The van der Waals surface area contributed by atoms with Gasteiger partial charge in [0.25, 0.3) is 11.8 Å². The van der Waals surface area contributed by atoms with Gasteiger partial charge in [0.2, 0.25) is 5.91 Å². The average molecular weight is 478 g/mol. The van der Waals surface area contributed by atoms with Crippen LogP contribution < -0.4 is 15.5 Å². The molecule has 3 amide bonds. The van der Waals surface area contributed by atoms with E-state index in [9.17, 15) is 14.4 Å². The molecule has 8 heteroatoms. The molecule has 2 heterocycles. The number of anilines is 1. The first-order valence-corrected chi connectivity index (χ1v) is 11.9. The molecule has 0 radical (unpaired) electrons. The molecule has 0 saturated heterocycles. The maximum Gasteiger partial charge on any atom is 0.287 e. The topological polar surface area (TPSA) is 105 Å². The van der Waals surface area contributed by atoms with Gasteiger partial charge in [0, 0.05) is 11.7 Å². The maximum absolute atomic E-state index is 13.7. The van der Waals surface area contributed by atoms with Crippen LogP contribution in [0.1, 0.15) is 64.9 Å². The molecule has 0 aliphatic heterocycles. The van der Waals surface area contributed by atoms with E-state index in [1.807, 2.05) is 26.0 Å². The Hall–Kier alpha value is -3.81. The number of hydrogen-bond donors (Lipinski definition) is 2. The van der Waals surface area contributed by atoms with E-state index >= 15 is 0 Å². The first-order valence-electron chi connectivity index (χ1n) is 11.9. The lowest BCUT2D eigenvalue weighted by Crippen LogP contribution is -2.49. The summed E-state index contributed by atoms with van der Waals surface area (Å²) in [5.41, 5.74) is 2.42. The zero-order chi connectivity index (χ0) is 24.9. The van der Waals surface area contributed by atoms with Crippen LogP contribution in [0.25, 0.3) is 0 Å². The molecule has 1 unspecified atom stereocenters. The minimum absolute atomic E-state index is 0.0651. The highest BCUT2D eigenvalue weighted by molar-refractivity contribution is 6.04. The minimum Gasteiger partial charge on any atom is -0.464 e. The Kier molecular flexibility index (Phi) is 7.39. The molecule has 0 spiro atoms. The number of rotatable bonds is 8. The highest BCUT2D eigenvalue weighted by Gasteiger charge is 2.37. The van der Waals surface area contributed by atoms with Gasteiger partial charge >= 0.3 is 0 Å². The largest absolute Gasteiger partial charge is 0.464 e. The Morgan fingerprint density at radius 1 is 1.03 bits per heavy atom. The van der Waals surface area contributed by atoms with Crippen LogP contribution in [0.2, 0.25) is 0 Å². The van der Waals surface area contributed by atoms with Gasteiger partial charge in [0.15, 0.2) is 11.8 Å². The summed E-state index contributed by atoms with van der Waals surface area (Å²) in [4.78, 5) is 41.2. The minimum atomic E-state index is -1.03. The number of amides is 3. The summed E-state index contributed by atoms with van der Waals surface area (Å²) in [6, 6.07) is 11.3. The van der Waals surface area contributed by atoms with E-state index in [0.717, 1.165) is 36.8 Å². The summed E-state index contributed by atoms with van der Waals surface area (Å²) in [5.74, 6) is -0.154. The van der Waals surface area contributed by atoms with Gasteiger partial charge < -0.3 is 19.5 Å². The number of benzene rings is 1. The van der Waals surface area contributed by atoms with Gasteiger partial charge in [0.05, 0.1) is 12.8 Å². The molecular weight excluding hydrogens is 446 g/mol. The van der Waals surface area contributed by atoms with Gasteiger partial charge in [-0.25, -0.2) is 0 Å². The molecule has 2 N–H and O–H groups in total. The van der Waals surface area contributed by atoms with Crippen molar-refractivity contribution in [2.45, 2.75) is 58.5 Å². The van der Waals surface area contributed by atoms with Crippen LogP contribution in [-0.2, 0) is 9.59 Å². The van der Waals surface area contributed by atoms with Crippen molar-refractivity contribution in [1.82, 2.24) is 10.6 Å². The van der Waals surface area contributed by atoms with Crippen LogP contribution in [0.4, 0.5) is 5.69 Å². The van der Waals surface area contributed by atoms with E-state index in [0.29, 0.717) is 17.2 Å². The summed E-state index contributed by atoms with van der Waals surface area (Å²) >= 11 is 0. The second-order valence-electron chi connectivity index (χ2n) is 8.98. The van der Waals surface area contributed by atoms with Crippen molar-refractivity contribution < 1.29 is 23.2 Å². The van der Waals surface area contributed by atoms with E-state index in [1.165, 1.54) is 17.2 Å². The van der Waals surface area contributed by atoms with Crippen molar-refractivity contribution in [3.8, 4) is 0 Å². The van der Waals surface area contributed by atoms with Crippen molar-refractivity contribution >= 4 is 23.4 Å². The molecule has 35 heavy (non-hydrogen) atoms. The predicted octanol–water partition coefficient (Wildman–Crippen LogP) is 4.36. The van der Waals surface area contributed by atoms with Gasteiger partial charge in [0.1, 0.15) is 11.5 Å². The molecule has 4 rings (SSSR count). The summed E-state index contributed by atoms with van der Waals surface area (Å²) in [6.07, 6.45) is 5.34. The Morgan fingerprint density at radius 2 is 1.80 bits per heavy atom. The Morgan fingerprint density at radius 3 is 2.46 bits per heavy atom. The average Bonchev–Trinajstić information content (AvgIpc) is 3.61. The third-order valence-electron chi connectivity index (χ3n) is 6.49. The summed E-state index contributed by atoms with van der Waals surface area (Å²) in [7, 11) is 0. The van der Waals surface area contributed by atoms with Gasteiger partial charge in [-0.3, -0.25) is 19.3 Å². The SMILES string of the molecule is Cc1ccc(C(C(=O)NC2CCCC2)N(C(=O)CNC(=O)c2ccco2)c2cccc(C)c2C)o1. The van der Waals surface area contributed by atoms with Crippen molar-refractivity contribution in [1.29, 1.82) is 0 Å². The van der Waals surface area contributed by atoms with Gasteiger partial charge in [-0.2, -0.15) is 0 Å². The molecule has 3 aromatic rings. The number of carbonyl (C=O) groups is 3. The number of furan rings is 2.